The Morgan fingerprint density at radius 2 is 1.90 bits per heavy atom. The molecule has 29 heavy (non-hydrogen) atoms. The fourth-order valence-electron chi connectivity index (χ4n) is 3.55. The molecule has 2 heterocycles. The first-order valence-corrected chi connectivity index (χ1v) is 9.92. The van der Waals surface area contributed by atoms with E-state index in [4.69, 9.17) is 14.2 Å². The zero-order chi connectivity index (χ0) is 20.2. The molecular formula is C22H27N3O4. The van der Waals surface area contributed by atoms with E-state index in [1.807, 2.05) is 31.1 Å². The van der Waals surface area contributed by atoms with Gasteiger partial charge in [0.05, 0.1) is 6.10 Å². The number of nitrogens with zero attached hydrogens (tertiary/aromatic N) is 2. The molecule has 2 aromatic carbocycles. The van der Waals surface area contributed by atoms with Gasteiger partial charge in [-0.05, 0) is 42.7 Å². The van der Waals surface area contributed by atoms with Gasteiger partial charge in [0.1, 0.15) is 0 Å². The van der Waals surface area contributed by atoms with Crippen LogP contribution in [0, 0.1) is 0 Å². The highest BCUT2D eigenvalue weighted by molar-refractivity contribution is 5.89. The van der Waals surface area contributed by atoms with Gasteiger partial charge in [-0.3, -0.25) is 0 Å². The number of nitrogens with one attached hydrogen (secondary N) is 1. The van der Waals surface area contributed by atoms with Crippen molar-refractivity contribution in [2.75, 3.05) is 44.3 Å². The molecule has 2 aliphatic heterocycles. The highest BCUT2D eigenvalue weighted by Gasteiger charge is 2.23. The molecule has 1 atom stereocenters. The van der Waals surface area contributed by atoms with Gasteiger partial charge in [0, 0.05) is 51.2 Å². The molecule has 7 heteroatoms. The topological polar surface area (TPSA) is 63.3 Å². The average molecular weight is 397 g/mol. The third kappa shape index (κ3) is 4.74. The molecule has 0 bridgehead atoms. The number of benzene rings is 2. The van der Waals surface area contributed by atoms with Crippen molar-refractivity contribution >= 4 is 17.4 Å². The van der Waals surface area contributed by atoms with Crippen LogP contribution in [0.25, 0.3) is 0 Å². The summed E-state index contributed by atoms with van der Waals surface area (Å²) >= 11 is 0. The lowest BCUT2D eigenvalue weighted by Crippen LogP contribution is -2.39. The summed E-state index contributed by atoms with van der Waals surface area (Å²) in [6.07, 6.45) is 2.10. The molecule has 0 saturated carbocycles. The van der Waals surface area contributed by atoms with E-state index in [2.05, 4.69) is 34.5 Å². The van der Waals surface area contributed by atoms with Gasteiger partial charge in [0.25, 0.3) is 0 Å². The minimum Gasteiger partial charge on any atom is -0.454 e. The molecule has 0 radical (unpaired) electrons. The highest BCUT2D eigenvalue weighted by atomic mass is 16.7. The number of anilines is 2. The van der Waals surface area contributed by atoms with Crippen LogP contribution in [0.1, 0.15) is 18.4 Å². The van der Waals surface area contributed by atoms with Crippen molar-refractivity contribution in [3.8, 4) is 11.5 Å². The number of hydrogen-bond donors (Lipinski definition) is 1. The molecule has 2 aromatic rings. The van der Waals surface area contributed by atoms with E-state index >= 15 is 0 Å². The number of carbonyl (C=O) groups is 1. The molecule has 0 aromatic heterocycles. The lowest BCUT2D eigenvalue weighted by molar-refractivity contribution is 0.0819. The Morgan fingerprint density at radius 1 is 1.10 bits per heavy atom. The summed E-state index contributed by atoms with van der Waals surface area (Å²) in [6, 6.07) is 13.5. The summed E-state index contributed by atoms with van der Waals surface area (Å²) in [5, 5.41) is 2.98. The van der Waals surface area contributed by atoms with Crippen LogP contribution in [0.3, 0.4) is 0 Å². The fraction of sp³-hybridized carbons (Fsp3) is 0.409. The van der Waals surface area contributed by atoms with Crippen LogP contribution in [-0.2, 0) is 11.3 Å². The largest absolute Gasteiger partial charge is 0.454 e. The van der Waals surface area contributed by atoms with Crippen LogP contribution in [0.5, 0.6) is 11.5 Å². The second kappa shape index (κ2) is 8.61. The number of urea groups is 1. The van der Waals surface area contributed by atoms with E-state index in [1.54, 1.807) is 6.07 Å². The molecule has 0 aliphatic carbocycles. The molecule has 1 fully saturated rings. The molecule has 154 valence electrons. The molecule has 1 unspecified atom stereocenters. The number of fused-ring (bicyclic) bond motifs is 1. The van der Waals surface area contributed by atoms with Crippen LogP contribution in [0.2, 0.25) is 0 Å². The summed E-state index contributed by atoms with van der Waals surface area (Å²) in [5.74, 6) is 1.34. The Labute approximate surface area is 171 Å². The Kier molecular flexibility index (Phi) is 5.76. The quantitative estimate of drug-likeness (QED) is 0.805. The standard InChI is InChI=1S/C22H27N3O4/c1-24(2)18-8-5-16(6-9-18)13-25(14-19-4-3-11-27-19)22(26)23-17-7-10-20-21(12-17)29-15-28-20/h5-10,12,19H,3-4,11,13-15H2,1-2H3,(H,23,26). The smallest absolute Gasteiger partial charge is 0.322 e. The Balaban J connectivity index is 1.47. The van der Waals surface area contributed by atoms with Crippen LogP contribution in [-0.4, -0.2) is 51.1 Å². The maximum Gasteiger partial charge on any atom is 0.322 e. The van der Waals surface area contributed by atoms with Crippen molar-refractivity contribution in [3.05, 3.63) is 48.0 Å². The SMILES string of the molecule is CN(C)c1ccc(CN(CC2CCCO2)C(=O)Nc2ccc3c(c2)OCO3)cc1. The molecule has 0 spiro atoms. The molecule has 2 aliphatic rings. The zero-order valence-corrected chi connectivity index (χ0v) is 16.9. The van der Waals surface area contributed by atoms with E-state index in [1.165, 1.54) is 0 Å². The van der Waals surface area contributed by atoms with Gasteiger partial charge >= 0.3 is 6.03 Å². The lowest BCUT2D eigenvalue weighted by atomic mass is 10.1. The lowest BCUT2D eigenvalue weighted by Gasteiger charge is -2.26. The maximum atomic E-state index is 13.1. The molecule has 7 nitrogen and oxygen atoms in total. The van der Waals surface area contributed by atoms with E-state index in [0.717, 1.165) is 30.7 Å². The Bertz CT molecular complexity index is 848. The minimum atomic E-state index is -0.156. The van der Waals surface area contributed by atoms with Crippen molar-refractivity contribution in [3.63, 3.8) is 0 Å². The van der Waals surface area contributed by atoms with Crippen molar-refractivity contribution in [1.82, 2.24) is 4.90 Å². The highest BCUT2D eigenvalue weighted by Crippen LogP contribution is 2.34. The van der Waals surface area contributed by atoms with Gasteiger partial charge in [-0.25, -0.2) is 4.79 Å². The van der Waals surface area contributed by atoms with Crippen LogP contribution < -0.4 is 19.7 Å². The molecule has 1 saturated heterocycles. The molecular weight excluding hydrogens is 370 g/mol. The Morgan fingerprint density at radius 3 is 2.62 bits per heavy atom. The van der Waals surface area contributed by atoms with Gasteiger partial charge in [-0.1, -0.05) is 12.1 Å². The van der Waals surface area contributed by atoms with Gasteiger partial charge < -0.3 is 29.3 Å². The van der Waals surface area contributed by atoms with Gasteiger partial charge in [0.15, 0.2) is 11.5 Å². The van der Waals surface area contributed by atoms with Gasteiger partial charge in [-0.15, -0.1) is 0 Å². The predicted octanol–water partition coefficient (Wildman–Crippen LogP) is 3.69. The first-order valence-electron chi connectivity index (χ1n) is 9.92. The number of rotatable bonds is 6. The summed E-state index contributed by atoms with van der Waals surface area (Å²) in [4.78, 5) is 16.9. The molecule has 2 amide bonds. The first kappa shape index (κ1) is 19.4. The number of hydrogen-bond acceptors (Lipinski definition) is 5. The summed E-state index contributed by atoms with van der Waals surface area (Å²) in [5.41, 5.74) is 2.89. The van der Waals surface area contributed by atoms with Crippen molar-refractivity contribution in [1.29, 1.82) is 0 Å². The minimum absolute atomic E-state index is 0.0820. The van der Waals surface area contributed by atoms with Gasteiger partial charge in [0.2, 0.25) is 6.79 Å². The second-order valence-corrected chi connectivity index (χ2v) is 7.57. The summed E-state index contributed by atoms with van der Waals surface area (Å²) in [6.45, 7) is 2.05. The van der Waals surface area contributed by atoms with E-state index in [9.17, 15) is 4.79 Å². The molecule has 4 rings (SSSR count). The monoisotopic (exact) mass is 397 g/mol. The zero-order valence-electron chi connectivity index (χ0n) is 16.9. The average Bonchev–Trinajstić information content (AvgIpc) is 3.39. The van der Waals surface area contributed by atoms with Crippen LogP contribution in [0.15, 0.2) is 42.5 Å². The van der Waals surface area contributed by atoms with Crippen LogP contribution in [0.4, 0.5) is 16.2 Å². The Hall–Kier alpha value is -2.93. The third-order valence-corrected chi connectivity index (χ3v) is 5.19. The third-order valence-electron chi connectivity index (χ3n) is 5.19. The van der Waals surface area contributed by atoms with E-state index in [-0.39, 0.29) is 18.9 Å². The predicted molar refractivity (Wildman–Crippen MR) is 112 cm³/mol. The fourth-order valence-corrected chi connectivity index (χ4v) is 3.55. The van der Waals surface area contributed by atoms with Crippen molar-refractivity contribution < 1.29 is 19.0 Å². The van der Waals surface area contributed by atoms with E-state index < -0.39 is 0 Å². The normalized spacial score (nSPS) is 17.2. The summed E-state index contributed by atoms with van der Waals surface area (Å²) < 4.78 is 16.5. The summed E-state index contributed by atoms with van der Waals surface area (Å²) in [7, 11) is 4.02. The van der Waals surface area contributed by atoms with Crippen LogP contribution >= 0.6 is 0 Å². The first-order chi connectivity index (χ1) is 14.1. The van der Waals surface area contributed by atoms with Crippen molar-refractivity contribution in [2.45, 2.75) is 25.5 Å². The molecule has 1 N–H and O–H groups in total. The van der Waals surface area contributed by atoms with Crippen molar-refractivity contribution in [2.24, 2.45) is 0 Å². The number of carbonyl (C=O) groups excluding carboxylic acids is 1. The van der Waals surface area contributed by atoms with Gasteiger partial charge in [-0.2, -0.15) is 0 Å². The number of ether oxygens (including phenoxy) is 3. The van der Waals surface area contributed by atoms with E-state index in [0.29, 0.717) is 30.3 Å². The second-order valence-electron chi connectivity index (χ2n) is 7.57. The maximum absolute atomic E-state index is 13.1. The number of amides is 2.